The van der Waals surface area contributed by atoms with Crippen LogP contribution >= 0.6 is 23.2 Å². The Bertz CT molecular complexity index is 1010. The second kappa shape index (κ2) is 7.01. The minimum absolute atomic E-state index is 0.139. The van der Waals surface area contributed by atoms with Crippen molar-refractivity contribution in [3.8, 4) is 11.5 Å². The number of nitrogens with one attached hydrogen (secondary N) is 1. The van der Waals surface area contributed by atoms with E-state index in [-0.39, 0.29) is 11.5 Å². The Morgan fingerprint density at radius 3 is 2.48 bits per heavy atom. The summed E-state index contributed by atoms with van der Waals surface area (Å²) in [6.07, 6.45) is 0. The van der Waals surface area contributed by atoms with Crippen LogP contribution in [0.15, 0.2) is 21.7 Å². The van der Waals surface area contributed by atoms with Gasteiger partial charge in [-0.1, -0.05) is 0 Å². The predicted molar refractivity (Wildman–Crippen MR) is 100 cm³/mol. The van der Waals surface area contributed by atoms with Crippen LogP contribution in [0.2, 0.25) is 0 Å². The first-order valence-electron chi connectivity index (χ1n) is 7.74. The molecule has 0 saturated carbocycles. The van der Waals surface area contributed by atoms with Crippen molar-refractivity contribution in [1.82, 2.24) is 19.5 Å². The number of hydrogen-bond acceptors (Lipinski definition) is 5. The molecule has 0 unspecified atom stereocenters. The minimum atomic E-state index is -0.688. The van der Waals surface area contributed by atoms with Crippen molar-refractivity contribution in [2.45, 2.75) is 6.92 Å². The lowest BCUT2D eigenvalue weighted by Gasteiger charge is -2.26. The topological polar surface area (TPSA) is 83.9 Å². The summed E-state index contributed by atoms with van der Waals surface area (Å²) in [4.78, 5) is 36.1. The fourth-order valence-electron chi connectivity index (χ4n) is 2.93. The van der Waals surface area contributed by atoms with Gasteiger partial charge in [-0.2, -0.15) is 4.98 Å². The fraction of sp³-hybridized carbons (Fsp3) is 0.375. The van der Waals surface area contributed by atoms with Crippen molar-refractivity contribution in [2.24, 2.45) is 7.05 Å². The molecule has 0 radical (unpaired) electrons. The van der Waals surface area contributed by atoms with Gasteiger partial charge in [-0.15, -0.1) is 23.2 Å². The van der Waals surface area contributed by atoms with Crippen LogP contribution in [-0.2, 0) is 7.05 Å². The lowest BCUT2D eigenvalue weighted by atomic mass is 10.1. The maximum Gasteiger partial charge on any atom is 0.349 e. The molecule has 1 N–H and O–H groups in total. The summed E-state index contributed by atoms with van der Waals surface area (Å²) in [5, 5.41) is 0. The molecule has 0 fully saturated rings. The van der Waals surface area contributed by atoms with E-state index in [2.05, 4.69) is 19.9 Å². The molecule has 25 heavy (non-hydrogen) atoms. The van der Waals surface area contributed by atoms with Gasteiger partial charge in [-0.05, 0) is 24.6 Å². The first-order chi connectivity index (χ1) is 12.0. The number of nitrogens with zero attached hydrogens (tertiary/aromatic N) is 4. The van der Waals surface area contributed by atoms with Crippen LogP contribution in [0.25, 0.3) is 22.6 Å². The van der Waals surface area contributed by atoms with Gasteiger partial charge in [0.05, 0.1) is 11.0 Å². The van der Waals surface area contributed by atoms with E-state index >= 15 is 0 Å². The molecule has 0 aromatic heterocycles. The van der Waals surface area contributed by atoms with Crippen LogP contribution in [0.3, 0.4) is 0 Å². The van der Waals surface area contributed by atoms with Crippen LogP contribution < -0.4 is 16.1 Å². The Hall–Kier alpha value is -2.12. The highest BCUT2D eigenvalue weighted by molar-refractivity contribution is 6.18. The van der Waals surface area contributed by atoms with Crippen molar-refractivity contribution in [1.29, 1.82) is 0 Å². The first-order valence-corrected chi connectivity index (χ1v) is 8.81. The van der Waals surface area contributed by atoms with Gasteiger partial charge in [0.2, 0.25) is 0 Å². The Labute approximate surface area is 153 Å². The van der Waals surface area contributed by atoms with E-state index in [4.69, 9.17) is 23.2 Å². The average molecular weight is 382 g/mol. The number of H-pyrrole nitrogens is 1. The highest BCUT2D eigenvalue weighted by atomic mass is 35.5. The monoisotopic (exact) mass is 381 g/mol. The maximum atomic E-state index is 12.0. The lowest BCUT2D eigenvalue weighted by Crippen LogP contribution is -2.29. The van der Waals surface area contributed by atoms with Crippen LogP contribution in [0.4, 0.5) is 5.69 Å². The SMILES string of the molecule is Cc1cc2nc3c(=O)[nH]c(=O)nc-3n(C)c2cc1N(CCCl)CCCl. The van der Waals surface area contributed by atoms with Crippen LogP contribution in [0.5, 0.6) is 0 Å². The molecule has 2 heterocycles. The first kappa shape index (κ1) is 17.7. The number of aromatic nitrogens is 4. The number of anilines is 1. The summed E-state index contributed by atoms with van der Waals surface area (Å²) in [5.74, 6) is 1.21. The van der Waals surface area contributed by atoms with Crippen molar-refractivity contribution >= 4 is 39.9 Å². The molecule has 9 heteroatoms. The molecule has 132 valence electrons. The normalized spacial score (nSPS) is 11.4. The summed E-state index contributed by atoms with van der Waals surface area (Å²) in [5.41, 5.74) is 2.31. The molecule has 0 aliphatic carbocycles. The molecule has 0 saturated heterocycles. The number of rotatable bonds is 5. The number of hydrogen-bond donors (Lipinski definition) is 1. The number of fused-ring (bicyclic) bond motifs is 2. The zero-order valence-corrected chi connectivity index (χ0v) is 15.4. The third kappa shape index (κ3) is 3.21. The van der Waals surface area contributed by atoms with Gasteiger partial charge in [-0.25, -0.2) is 9.78 Å². The standard InChI is InChI=1S/C16H17Cl2N5O2/c1-9-7-10-12(8-11(9)23(5-3-17)6-4-18)22(2)14-13(19-10)15(24)21-16(25)20-14/h7-8H,3-6H2,1-2H3,(H,21,24,25). The minimum Gasteiger partial charge on any atom is -0.369 e. The summed E-state index contributed by atoms with van der Waals surface area (Å²) >= 11 is 11.8. The van der Waals surface area contributed by atoms with E-state index in [1.54, 1.807) is 11.6 Å². The van der Waals surface area contributed by atoms with Crippen LogP contribution in [-0.4, -0.2) is 44.4 Å². The van der Waals surface area contributed by atoms with Gasteiger partial charge in [0.15, 0.2) is 11.5 Å². The van der Waals surface area contributed by atoms with E-state index in [0.29, 0.717) is 30.4 Å². The van der Waals surface area contributed by atoms with Crippen molar-refractivity contribution in [3.05, 3.63) is 38.5 Å². The zero-order chi connectivity index (χ0) is 18.1. The third-order valence-electron chi connectivity index (χ3n) is 4.11. The van der Waals surface area contributed by atoms with Crippen molar-refractivity contribution < 1.29 is 0 Å². The molecule has 3 rings (SSSR count). The van der Waals surface area contributed by atoms with Gasteiger partial charge in [0, 0.05) is 37.6 Å². The number of benzene rings is 1. The molecular weight excluding hydrogens is 365 g/mol. The number of aromatic amines is 1. The van der Waals surface area contributed by atoms with Gasteiger partial charge in [0.25, 0.3) is 5.56 Å². The van der Waals surface area contributed by atoms with Crippen LogP contribution in [0.1, 0.15) is 5.56 Å². The lowest BCUT2D eigenvalue weighted by molar-refractivity contribution is 0.857. The third-order valence-corrected chi connectivity index (χ3v) is 4.45. The largest absolute Gasteiger partial charge is 0.369 e. The van der Waals surface area contributed by atoms with E-state index in [1.165, 1.54) is 0 Å². The molecule has 0 spiro atoms. The fourth-order valence-corrected chi connectivity index (χ4v) is 3.34. The molecule has 1 aromatic rings. The van der Waals surface area contributed by atoms with Crippen molar-refractivity contribution in [2.75, 3.05) is 29.7 Å². The predicted octanol–water partition coefficient (Wildman–Crippen LogP) is 1.71. The Morgan fingerprint density at radius 2 is 1.84 bits per heavy atom. The number of halogens is 2. The summed E-state index contributed by atoms with van der Waals surface area (Å²) in [6.45, 7) is 3.29. The summed E-state index contributed by atoms with van der Waals surface area (Å²) < 4.78 is 1.71. The van der Waals surface area contributed by atoms with Gasteiger partial charge < -0.3 is 9.47 Å². The Kier molecular flexibility index (Phi) is 4.96. The number of alkyl halides is 2. The van der Waals surface area contributed by atoms with Crippen molar-refractivity contribution in [3.63, 3.8) is 0 Å². The second-order valence-corrected chi connectivity index (χ2v) is 6.46. The molecule has 0 amide bonds. The Morgan fingerprint density at radius 1 is 1.16 bits per heavy atom. The van der Waals surface area contributed by atoms with Gasteiger partial charge in [0.1, 0.15) is 0 Å². The molecule has 7 nitrogen and oxygen atoms in total. The van der Waals surface area contributed by atoms with E-state index in [1.807, 2.05) is 19.1 Å². The molecule has 2 aliphatic rings. The smallest absolute Gasteiger partial charge is 0.349 e. The Balaban J connectivity index is 2.31. The number of aryl methyl sites for hydroxylation is 2. The zero-order valence-electron chi connectivity index (χ0n) is 13.8. The molecule has 2 aliphatic heterocycles. The highest BCUT2D eigenvalue weighted by Crippen LogP contribution is 2.28. The average Bonchev–Trinajstić information content (AvgIpc) is 2.56. The second-order valence-electron chi connectivity index (χ2n) is 5.71. The summed E-state index contributed by atoms with van der Waals surface area (Å²) in [7, 11) is 1.75. The van der Waals surface area contributed by atoms with Gasteiger partial charge in [-0.3, -0.25) is 9.78 Å². The maximum absolute atomic E-state index is 12.0. The van der Waals surface area contributed by atoms with E-state index in [9.17, 15) is 9.59 Å². The molecular formula is C16H17Cl2N5O2. The van der Waals surface area contributed by atoms with E-state index < -0.39 is 11.2 Å². The molecule has 1 aromatic carbocycles. The quantitative estimate of drug-likeness (QED) is 0.537. The van der Waals surface area contributed by atoms with E-state index in [0.717, 1.165) is 16.8 Å². The molecule has 0 atom stereocenters. The summed E-state index contributed by atoms with van der Waals surface area (Å²) in [6, 6.07) is 3.87. The highest BCUT2D eigenvalue weighted by Gasteiger charge is 2.18. The van der Waals surface area contributed by atoms with Gasteiger partial charge >= 0.3 is 5.69 Å². The van der Waals surface area contributed by atoms with Crippen LogP contribution in [0, 0.1) is 6.92 Å². The molecule has 0 bridgehead atoms.